The first-order valence-corrected chi connectivity index (χ1v) is 7.16. The zero-order chi connectivity index (χ0) is 14.9. The summed E-state index contributed by atoms with van der Waals surface area (Å²) < 4.78 is 2.21. The van der Waals surface area contributed by atoms with Crippen LogP contribution in [0, 0.1) is 6.92 Å². The van der Waals surface area contributed by atoms with Crippen LogP contribution in [-0.4, -0.2) is 20.4 Å². The highest BCUT2D eigenvalue weighted by Crippen LogP contribution is 2.17. The van der Waals surface area contributed by atoms with Gasteiger partial charge in [-0.3, -0.25) is 9.36 Å². The number of rotatable bonds is 4. The fraction of sp³-hybridized carbons (Fsp3) is 0.462. The number of thiophene rings is 1. The second-order valence-corrected chi connectivity index (χ2v) is 6.25. The van der Waals surface area contributed by atoms with Gasteiger partial charge < -0.3 is 5.32 Å². The summed E-state index contributed by atoms with van der Waals surface area (Å²) >= 11 is 1.74. The molecule has 1 atom stereocenters. The Balaban J connectivity index is 2.18. The summed E-state index contributed by atoms with van der Waals surface area (Å²) in [5, 5.41) is 7.06. The number of hydrogen-bond donors (Lipinski definition) is 1. The molecule has 2 heterocycles. The van der Waals surface area contributed by atoms with Gasteiger partial charge in [-0.2, -0.15) is 0 Å². The molecule has 0 saturated heterocycles. The second-order valence-electron chi connectivity index (χ2n) is 4.88. The van der Waals surface area contributed by atoms with Crippen LogP contribution in [0.25, 0.3) is 0 Å². The molecule has 108 valence electrons. The Kier molecular flexibility index (Phi) is 4.08. The van der Waals surface area contributed by atoms with Gasteiger partial charge in [0, 0.05) is 36.3 Å². The maximum absolute atomic E-state index is 12.0. The first-order chi connectivity index (χ1) is 9.38. The molecular weight excluding hydrogens is 276 g/mol. The predicted octanol–water partition coefficient (Wildman–Crippen LogP) is 0.892. The molecule has 0 radical (unpaired) electrons. The lowest BCUT2D eigenvalue weighted by molar-refractivity contribution is 0.599. The van der Waals surface area contributed by atoms with Crippen LogP contribution in [0.3, 0.4) is 0 Å². The molecule has 6 nitrogen and oxygen atoms in total. The summed E-state index contributed by atoms with van der Waals surface area (Å²) in [4.78, 5) is 26.0. The number of aromatic nitrogens is 3. The van der Waals surface area contributed by atoms with Crippen LogP contribution in [0.2, 0.25) is 0 Å². The van der Waals surface area contributed by atoms with Gasteiger partial charge >= 0.3 is 5.69 Å². The van der Waals surface area contributed by atoms with E-state index in [1.807, 2.05) is 6.92 Å². The zero-order valence-electron chi connectivity index (χ0n) is 12.0. The fourth-order valence-electron chi connectivity index (χ4n) is 1.97. The molecule has 0 amide bonds. The molecule has 1 unspecified atom stereocenters. The van der Waals surface area contributed by atoms with E-state index < -0.39 is 11.2 Å². The summed E-state index contributed by atoms with van der Waals surface area (Å²) in [7, 11) is 2.98. The molecule has 0 bridgehead atoms. The van der Waals surface area contributed by atoms with Crippen molar-refractivity contribution in [1.29, 1.82) is 0 Å². The molecule has 2 rings (SSSR count). The predicted molar refractivity (Wildman–Crippen MR) is 80.6 cm³/mol. The van der Waals surface area contributed by atoms with E-state index >= 15 is 0 Å². The highest BCUT2D eigenvalue weighted by Gasteiger charge is 2.12. The number of nitrogens with zero attached hydrogens (tertiary/aromatic N) is 3. The van der Waals surface area contributed by atoms with E-state index in [0.29, 0.717) is 0 Å². The smallest absolute Gasteiger partial charge is 0.346 e. The van der Waals surface area contributed by atoms with Gasteiger partial charge in [0.05, 0.1) is 0 Å². The Morgan fingerprint density at radius 3 is 2.65 bits per heavy atom. The first kappa shape index (κ1) is 14.5. The lowest BCUT2D eigenvalue weighted by Gasteiger charge is -2.14. The lowest BCUT2D eigenvalue weighted by atomic mass is 10.2. The fourth-order valence-corrected chi connectivity index (χ4v) is 2.99. The van der Waals surface area contributed by atoms with Crippen molar-refractivity contribution in [3.8, 4) is 0 Å². The SMILES string of the molecule is Cc1ccc(CC(C)Nc2nn(C)c(=O)n(C)c2=O)s1. The van der Waals surface area contributed by atoms with Gasteiger partial charge in [0.25, 0.3) is 5.56 Å². The third-order valence-corrected chi connectivity index (χ3v) is 4.03. The van der Waals surface area contributed by atoms with Crippen molar-refractivity contribution < 1.29 is 0 Å². The Hall–Kier alpha value is -1.89. The van der Waals surface area contributed by atoms with Crippen molar-refractivity contribution in [2.75, 3.05) is 5.32 Å². The third-order valence-electron chi connectivity index (χ3n) is 3.01. The minimum atomic E-state index is -0.429. The number of nitrogens with one attached hydrogen (secondary N) is 1. The maximum Gasteiger partial charge on any atom is 0.346 e. The van der Waals surface area contributed by atoms with Crippen molar-refractivity contribution in [1.82, 2.24) is 14.3 Å². The van der Waals surface area contributed by atoms with Crippen molar-refractivity contribution >= 4 is 17.2 Å². The Morgan fingerprint density at radius 1 is 1.35 bits per heavy atom. The van der Waals surface area contributed by atoms with Crippen molar-refractivity contribution in [2.45, 2.75) is 26.3 Å². The summed E-state index contributed by atoms with van der Waals surface area (Å²) in [6, 6.07) is 4.23. The molecule has 0 aliphatic heterocycles. The molecule has 2 aromatic rings. The molecule has 2 aromatic heterocycles. The third kappa shape index (κ3) is 2.98. The van der Waals surface area contributed by atoms with E-state index in [-0.39, 0.29) is 11.9 Å². The number of anilines is 1. The van der Waals surface area contributed by atoms with Gasteiger partial charge in [-0.05, 0) is 26.0 Å². The van der Waals surface area contributed by atoms with E-state index in [4.69, 9.17) is 0 Å². The monoisotopic (exact) mass is 294 g/mol. The van der Waals surface area contributed by atoms with Gasteiger partial charge in [0.1, 0.15) is 0 Å². The highest BCUT2D eigenvalue weighted by molar-refractivity contribution is 7.11. The first-order valence-electron chi connectivity index (χ1n) is 6.34. The second kappa shape index (κ2) is 5.62. The molecule has 0 aliphatic carbocycles. The number of hydrogen-bond acceptors (Lipinski definition) is 5. The average molecular weight is 294 g/mol. The quantitative estimate of drug-likeness (QED) is 0.909. The molecule has 7 heteroatoms. The topological polar surface area (TPSA) is 68.9 Å². The van der Waals surface area contributed by atoms with E-state index in [9.17, 15) is 9.59 Å². The van der Waals surface area contributed by atoms with Gasteiger partial charge in [0.15, 0.2) is 0 Å². The molecule has 0 aliphatic rings. The highest BCUT2D eigenvalue weighted by atomic mass is 32.1. The van der Waals surface area contributed by atoms with E-state index in [1.165, 1.54) is 23.8 Å². The molecule has 0 fully saturated rings. The van der Waals surface area contributed by atoms with Crippen LogP contribution < -0.4 is 16.6 Å². The summed E-state index contributed by atoms with van der Waals surface area (Å²) in [5.74, 6) is 0.204. The minimum absolute atomic E-state index is 0.0609. The van der Waals surface area contributed by atoms with Gasteiger partial charge in [0.2, 0.25) is 5.82 Å². The van der Waals surface area contributed by atoms with Crippen LogP contribution in [0.5, 0.6) is 0 Å². The number of aryl methyl sites for hydroxylation is 2. The van der Waals surface area contributed by atoms with Crippen LogP contribution >= 0.6 is 11.3 Å². The van der Waals surface area contributed by atoms with Crippen molar-refractivity contribution in [2.24, 2.45) is 14.1 Å². The summed E-state index contributed by atoms with van der Waals surface area (Å²) in [5.41, 5.74) is -0.829. The van der Waals surface area contributed by atoms with Gasteiger partial charge in [-0.1, -0.05) is 0 Å². The molecule has 20 heavy (non-hydrogen) atoms. The van der Waals surface area contributed by atoms with Crippen molar-refractivity contribution in [3.63, 3.8) is 0 Å². The maximum atomic E-state index is 12.0. The van der Waals surface area contributed by atoms with Crippen LogP contribution in [-0.2, 0) is 20.5 Å². The standard InChI is InChI=1S/C13H18N4O2S/c1-8(7-10-6-5-9(2)20-10)14-11-12(18)16(3)13(19)17(4)15-11/h5-6,8H,7H2,1-4H3,(H,14,15). The average Bonchev–Trinajstić information content (AvgIpc) is 2.78. The van der Waals surface area contributed by atoms with Gasteiger partial charge in [-0.15, -0.1) is 16.4 Å². The van der Waals surface area contributed by atoms with Crippen LogP contribution in [0.1, 0.15) is 16.7 Å². The molecule has 1 N–H and O–H groups in total. The Bertz CT molecular complexity index is 729. The van der Waals surface area contributed by atoms with Crippen molar-refractivity contribution in [3.05, 3.63) is 42.7 Å². The summed E-state index contributed by atoms with van der Waals surface area (Å²) in [6.07, 6.45) is 0.812. The Morgan fingerprint density at radius 2 is 2.05 bits per heavy atom. The van der Waals surface area contributed by atoms with E-state index in [2.05, 4.69) is 29.5 Å². The van der Waals surface area contributed by atoms with Crippen LogP contribution in [0.4, 0.5) is 5.82 Å². The molecule has 0 spiro atoms. The van der Waals surface area contributed by atoms with Crippen LogP contribution in [0.15, 0.2) is 21.7 Å². The molecule has 0 aromatic carbocycles. The van der Waals surface area contributed by atoms with E-state index in [1.54, 1.807) is 11.3 Å². The molecule has 0 saturated carbocycles. The van der Waals surface area contributed by atoms with E-state index in [0.717, 1.165) is 15.7 Å². The summed E-state index contributed by atoms with van der Waals surface area (Å²) in [6.45, 7) is 4.05. The minimum Gasteiger partial charge on any atom is -0.361 e. The zero-order valence-corrected chi connectivity index (χ0v) is 12.8. The lowest BCUT2D eigenvalue weighted by Crippen LogP contribution is -2.41. The Labute approximate surface area is 120 Å². The normalized spacial score (nSPS) is 12.4. The largest absolute Gasteiger partial charge is 0.361 e. The van der Waals surface area contributed by atoms with Gasteiger partial charge in [-0.25, -0.2) is 9.48 Å². The molecular formula is C13H18N4O2S.